The fourth-order valence-electron chi connectivity index (χ4n) is 1.41. The van der Waals surface area contributed by atoms with Crippen LogP contribution in [0.4, 0.5) is 0 Å². The number of hydrogen-bond donors (Lipinski definition) is 2. The summed E-state index contributed by atoms with van der Waals surface area (Å²) in [5.41, 5.74) is 1.17. The van der Waals surface area contributed by atoms with Gasteiger partial charge in [-0.2, -0.15) is 0 Å². The van der Waals surface area contributed by atoms with Gasteiger partial charge in [0.25, 0.3) is 0 Å². The van der Waals surface area contributed by atoms with Gasteiger partial charge in [-0.25, -0.2) is 0 Å². The molecule has 0 unspecified atom stereocenters. The number of ether oxygens (including phenoxy) is 1. The Hall–Kier alpha value is -0.770. The van der Waals surface area contributed by atoms with Crippen LogP contribution in [0.1, 0.15) is 12.5 Å². The Bertz CT molecular complexity index is 318. The molecular weight excluding hydrogens is 226 g/mol. The summed E-state index contributed by atoms with van der Waals surface area (Å²) in [4.78, 5) is 0. The van der Waals surface area contributed by atoms with Gasteiger partial charge in [0.15, 0.2) is 0 Å². The molecule has 0 heterocycles. The minimum atomic E-state index is 0.171. The van der Waals surface area contributed by atoms with E-state index in [4.69, 9.17) is 21.4 Å². The molecule has 3 nitrogen and oxygen atoms in total. The standard InChI is InChI=1S/C12H18ClNO2/c1-2-16-12-4-3-10(9-11(12)13)5-6-14-7-8-15/h3-4,9,14-15H,2,5-8H2,1H3. The summed E-state index contributed by atoms with van der Waals surface area (Å²) in [6.07, 6.45) is 0.895. The maximum Gasteiger partial charge on any atom is 0.137 e. The van der Waals surface area contributed by atoms with Crippen molar-refractivity contribution in [2.75, 3.05) is 26.3 Å². The zero-order valence-electron chi connectivity index (χ0n) is 9.50. The molecule has 4 heteroatoms. The van der Waals surface area contributed by atoms with Gasteiger partial charge < -0.3 is 15.2 Å². The normalized spacial score (nSPS) is 10.4. The number of aliphatic hydroxyl groups is 1. The average Bonchev–Trinajstić information content (AvgIpc) is 2.28. The molecule has 1 aromatic rings. The van der Waals surface area contributed by atoms with Gasteiger partial charge in [0, 0.05) is 6.54 Å². The third-order valence-electron chi connectivity index (χ3n) is 2.18. The largest absolute Gasteiger partial charge is 0.492 e. The molecule has 0 aliphatic heterocycles. The Morgan fingerprint density at radius 3 is 2.81 bits per heavy atom. The molecule has 90 valence electrons. The second-order valence-corrected chi connectivity index (χ2v) is 3.83. The highest BCUT2D eigenvalue weighted by Crippen LogP contribution is 2.25. The van der Waals surface area contributed by atoms with Crippen LogP contribution in [0.3, 0.4) is 0 Å². The van der Waals surface area contributed by atoms with Crippen LogP contribution in [0, 0.1) is 0 Å². The second-order valence-electron chi connectivity index (χ2n) is 3.42. The Balaban J connectivity index is 2.46. The zero-order chi connectivity index (χ0) is 11.8. The van der Waals surface area contributed by atoms with E-state index in [2.05, 4.69) is 5.32 Å². The third-order valence-corrected chi connectivity index (χ3v) is 2.47. The first kappa shape index (κ1) is 13.3. The molecule has 0 radical (unpaired) electrons. The van der Waals surface area contributed by atoms with Gasteiger partial charge in [0.1, 0.15) is 5.75 Å². The van der Waals surface area contributed by atoms with Crippen LogP contribution in [-0.2, 0) is 6.42 Å². The average molecular weight is 244 g/mol. The smallest absolute Gasteiger partial charge is 0.137 e. The summed E-state index contributed by atoms with van der Waals surface area (Å²) >= 11 is 6.06. The summed E-state index contributed by atoms with van der Waals surface area (Å²) in [5.74, 6) is 0.733. The van der Waals surface area contributed by atoms with Crippen molar-refractivity contribution >= 4 is 11.6 Å². The van der Waals surface area contributed by atoms with Gasteiger partial charge in [-0.15, -0.1) is 0 Å². The quantitative estimate of drug-likeness (QED) is 0.719. The van der Waals surface area contributed by atoms with Crippen LogP contribution in [0.25, 0.3) is 0 Å². The van der Waals surface area contributed by atoms with Gasteiger partial charge in [0.05, 0.1) is 18.2 Å². The fourth-order valence-corrected chi connectivity index (χ4v) is 1.67. The lowest BCUT2D eigenvalue weighted by Crippen LogP contribution is -2.20. The van der Waals surface area contributed by atoms with Crippen molar-refractivity contribution in [1.29, 1.82) is 0 Å². The van der Waals surface area contributed by atoms with E-state index in [1.54, 1.807) is 0 Å². The van der Waals surface area contributed by atoms with E-state index in [-0.39, 0.29) is 6.61 Å². The van der Waals surface area contributed by atoms with Crippen molar-refractivity contribution in [1.82, 2.24) is 5.32 Å². The van der Waals surface area contributed by atoms with Crippen molar-refractivity contribution in [2.45, 2.75) is 13.3 Å². The maximum absolute atomic E-state index is 8.60. The molecule has 1 rings (SSSR count). The highest BCUT2D eigenvalue weighted by Gasteiger charge is 2.02. The topological polar surface area (TPSA) is 41.5 Å². The van der Waals surface area contributed by atoms with Crippen LogP contribution >= 0.6 is 11.6 Å². The van der Waals surface area contributed by atoms with Crippen LogP contribution in [0.15, 0.2) is 18.2 Å². The fraction of sp³-hybridized carbons (Fsp3) is 0.500. The Morgan fingerprint density at radius 1 is 1.38 bits per heavy atom. The molecular formula is C12H18ClNO2. The third kappa shape index (κ3) is 4.39. The molecule has 0 saturated heterocycles. The monoisotopic (exact) mass is 243 g/mol. The van der Waals surface area contributed by atoms with Crippen molar-refractivity contribution in [3.63, 3.8) is 0 Å². The number of aliphatic hydroxyl groups excluding tert-OH is 1. The molecule has 0 aliphatic carbocycles. The SMILES string of the molecule is CCOc1ccc(CCNCCO)cc1Cl. The Morgan fingerprint density at radius 2 is 2.19 bits per heavy atom. The van der Waals surface area contributed by atoms with Crippen LogP contribution in [0.2, 0.25) is 5.02 Å². The molecule has 0 saturated carbocycles. The number of rotatable bonds is 7. The summed E-state index contributed by atoms with van der Waals surface area (Å²) < 4.78 is 5.35. The first-order chi connectivity index (χ1) is 7.77. The number of benzene rings is 1. The first-order valence-corrected chi connectivity index (χ1v) is 5.88. The highest BCUT2D eigenvalue weighted by molar-refractivity contribution is 6.32. The lowest BCUT2D eigenvalue weighted by Gasteiger charge is -2.08. The van der Waals surface area contributed by atoms with Crippen LogP contribution < -0.4 is 10.1 Å². The summed E-state index contributed by atoms with van der Waals surface area (Å²) in [5, 5.41) is 12.4. The van der Waals surface area contributed by atoms with E-state index in [0.29, 0.717) is 18.2 Å². The van der Waals surface area contributed by atoms with Gasteiger partial charge in [-0.05, 0) is 37.6 Å². The van der Waals surface area contributed by atoms with Crippen molar-refractivity contribution in [2.24, 2.45) is 0 Å². The maximum atomic E-state index is 8.60. The zero-order valence-corrected chi connectivity index (χ0v) is 10.3. The van der Waals surface area contributed by atoms with E-state index < -0.39 is 0 Å². The molecule has 0 aromatic heterocycles. The van der Waals surface area contributed by atoms with Crippen LogP contribution in [-0.4, -0.2) is 31.4 Å². The minimum Gasteiger partial charge on any atom is -0.492 e. The second kappa shape index (κ2) is 7.49. The number of hydrogen-bond acceptors (Lipinski definition) is 3. The van der Waals surface area contributed by atoms with Crippen molar-refractivity contribution < 1.29 is 9.84 Å². The first-order valence-electron chi connectivity index (χ1n) is 5.50. The van der Waals surface area contributed by atoms with Gasteiger partial charge in [-0.3, -0.25) is 0 Å². The van der Waals surface area contributed by atoms with E-state index >= 15 is 0 Å². The predicted octanol–water partition coefficient (Wildman–Crippen LogP) is 1.86. The number of halogens is 1. The minimum absolute atomic E-state index is 0.171. The highest BCUT2D eigenvalue weighted by atomic mass is 35.5. The van der Waals surface area contributed by atoms with Gasteiger partial charge >= 0.3 is 0 Å². The molecule has 16 heavy (non-hydrogen) atoms. The summed E-state index contributed by atoms with van der Waals surface area (Å²) in [6.45, 7) is 4.19. The van der Waals surface area contributed by atoms with Gasteiger partial charge in [0.2, 0.25) is 0 Å². The van der Waals surface area contributed by atoms with Gasteiger partial charge in [-0.1, -0.05) is 17.7 Å². The predicted molar refractivity (Wildman–Crippen MR) is 66.3 cm³/mol. The Labute approximate surface area is 101 Å². The molecule has 0 spiro atoms. The Kier molecular flexibility index (Phi) is 6.23. The molecule has 2 N–H and O–H groups in total. The van der Waals surface area contributed by atoms with E-state index in [0.717, 1.165) is 18.7 Å². The number of nitrogens with one attached hydrogen (secondary N) is 1. The van der Waals surface area contributed by atoms with Crippen molar-refractivity contribution in [3.05, 3.63) is 28.8 Å². The van der Waals surface area contributed by atoms with Crippen molar-refractivity contribution in [3.8, 4) is 5.75 Å². The molecule has 0 fully saturated rings. The molecule has 0 atom stereocenters. The van der Waals surface area contributed by atoms with E-state index in [9.17, 15) is 0 Å². The lowest BCUT2D eigenvalue weighted by atomic mass is 10.1. The molecule has 1 aromatic carbocycles. The molecule has 0 bridgehead atoms. The molecule has 0 amide bonds. The molecule has 0 aliphatic rings. The van der Waals surface area contributed by atoms with E-state index in [1.165, 1.54) is 5.56 Å². The summed E-state index contributed by atoms with van der Waals surface area (Å²) in [7, 11) is 0. The van der Waals surface area contributed by atoms with Crippen LogP contribution in [0.5, 0.6) is 5.75 Å². The summed E-state index contributed by atoms with van der Waals surface area (Å²) in [6, 6.07) is 5.83. The van der Waals surface area contributed by atoms with E-state index in [1.807, 2.05) is 25.1 Å². The lowest BCUT2D eigenvalue weighted by molar-refractivity contribution is 0.293.